The van der Waals surface area contributed by atoms with Crippen LogP contribution in [0.1, 0.15) is 25.3 Å². The van der Waals surface area contributed by atoms with Gasteiger partial charge in [-0.1, -0.05) is 13.0 Å². The highest BCUT2D eigenvalue weighted by Crippen LogP contribution is 2.27. The number of hydrogen-bond donors (Lipinski definition) is 1. The second-order valence-corrected chi connectivity index (χ2v) is 7.56. The first-order chi connectivity index (χ1) is 13.7. The molecule has 2 aliphatic heterocycles. The number of nitrogens with zero attached hydrogens (tertiary/aromatic N) is 3. The van der Waals surface area contributed by atoms with Gasteiger partial charge in [0.25, 0.3) is 0 Å². The van der Waals surface area contributed by atoms with Crippen molar-refractivity contribution in [2.24, 2.45) is 0 Å². The summed E-state index contributed by atoms with van der Waals surface area (Å²) in [5.41, 5.74) is 3.49. The molecule has 1 N–H and O–H groups in total. The zero-order valence-electron chi connectivity index (χ0n) is 16.5. The molecule has 0 saturated carbocycles. The molecule has 28 heavy (non-hydrogen) atoms. The lowest BCUT2D eigenvalue weighted by Crippen LogP contribution is -2.42. The van der Waals surface area contributed by atoms with Crippen molar-refractivity contribution in [1.82, 2.24) is 4.98 Å². The molecule has 0 amide bonds. The van der Waals surface area contributed by atoms with Crippen LogP contribution in [0.5, 0.6) is 0 Å². The van der Waals surface area contributed by atoms with Crippen molar-refractivity contribution >= 4 is 17.2 Å². The van der Waals surface area contributed by atoms with E-state index in [-0.39, 0.29) is 5.82 Å². The van der Waals surface area contributed by atoms with Crippen molar-refractivity contribution < 1.29 is 9.13 Å². The normalized spacial score (nSPS) is 20.3. The van der Waals surface area contributed by atoms with Crippen molar-refractivity contribution in [2.45, 2.75) is 32.2 Å². The van der Waals surface area contributed by atoms with E-state index in [1.165, 1.54) is 17.3 Å². The van der Waals surface area contributed by atoms with Gasteiger partial charge < -0.3 is 19.9 Å². The Bertz CT molecular complexity index is 794. The maximum Gasteiger partial charge on any atom is 0.128 e. The zero-order chi connectivity index (χ0) is 19.3. The van der Waals surface area contributed by atoms with Gasteiger partial charge in [-0.3, -0.25) is 0 Å². The Morgan fingerprint density at radius 2 is 2.04 bits per heavy atom. The quantitative estimate of drug-likeness (QED) is 0.851. The molecule has 0 spiro atoms. The first-order valence-corrected chi connectivity index (χ1v) is 10.3. The van der Waals surface area contributed by atoms with Gasteiger partial charge in [0.2, 0.25) is 0 Å². The number of pyridine rings is 1. The Hall–Kier alpha value is -2.34. The predicted octanol–water partition coefficient (Wildman–Crippen LogP) is 3.70. The summed E-state index contributed by atoms with van der Waals surface area (Å²) >= 11 is 0. The summed E-state index contributed by atoms with van der Waals surface area (Å²) in [6, 6.07) is 9.36. The summed E-state index contributed by atoms with van der Waals surface area (Å²) in [4.78, 5) is 9.32. The fourth-order valence-corrected chi connectivity index (χ4v) is 4.13. The second kappa shape index (κ2) is 8.78. The minimum Gasteiger partial charge on any atom is -0.378 e. The highest BCUT2D eigenvalue weighted by atomic mass is 19.1. The van der Waals surface area contributed by atoms with E-state index >= 15 is 0 Å². The summed E-state index contributed by atoms with van der Waals surface area (Å²) < 4.78 is 19.1. The summed E-state index contributed by atoms with van der Waals surface area (Å²) in [6.45, 7) is 7.39. The van der Waals surface area contributed by atoms with Crippen molar-refractivity contribution in [1.29, 1.82) is 0 Å². The molecule has 2 aromatic rings. The Labute approximate surface area is 166 Å². The SMILES string of the molecule is CCc1cnc(NC2CCCN(c3cccc(F)c3)C2)cc1N1CCOCC1. The van der Waals surface area contributed by atoms with Gasteiger partial charge in [-0.15, -0.1) is 0 Å². The predicted molar refractivity (Wildman–Crippen MR) is 112 cm³/mol. The zero-order valence-corrected chi connectivity index (χ0v) is 16.5. The maximum absolute atomic E-state index is 13.6. The third kappa shape index (κ3) is 4.38. The molecule has 0 bridgehead atoms. The summed E-state index contributed by atoms with van der Waals surface area (Å²) in [6.07, 6.45) is 5.14. The van der Waals surface area contributed by atoms with Crippen LogP contribution >= 0.6 is 0 Å². The van der Waals surface area contributed by atoms with Gasteiger partial charge in [0.15, 0.2) is 0 Å². The number of ether oxygens (including phenoxy) is 1. The molecule has 0 aliphatic carbocycles. The Kier molecular flexibility index (Phi) is 5.95. The van der Waals surface area contributed by atoms with Crippen LogP contribution in [0, 0.1) is 5.82 Å². The van der Waals surface area contributed by atoms with Gasteiger partial charge in [-0.25, -0.2) is 9.37 Å². The van der Waals surface area contributed by atoms with Gasteiger partial charge in [0.1, 0.15) is 11.6 Å². The third-order valence-corrected chi connectivity index (χ3v) is 5.64. The van der Waals surface area contributed by atoms with Crippen molar-refractivity contribution in [2.75, 3.05) is 54.5 Å². The molecule has 1 aromatic heterocycles. The molecule has 0 radical (unpaired) electrons. The van der Waals surface area contributed by atoms with E-state index in [0.717, 1.165) is 70.2 Å². The minimum absolute atomic E-state index is 0.181. The molecular weight excluding hydrogens is 355 g/mol. The molecule has 3 heterocycles. The van der Waals surface area contributed by atoms with Crippen LogP contribution < -0.4 is 15.1 Å². The molecule has 1 unspecified atom stereocenters. The van der Waals surface area contributed by atoms with Gasteiger partial charge in [-0.2, -0.15) is 0 Å². The van der Waals surface area contributed by atoms with Crippen molar-refractivity contribution in [3.05, 3.63) is 47.9 Å². The fraction of sp³-hybridized carbons (Fsp3) is 0.500. The number of rotatable bonds is 5. The maximum atomic E-state index is 13.6. The highest BCUT2D eigenvalue weighted by molar-refractivity contribution is 5.60. The van der Waals surface area contributed by atoms with Crippen molar-refractivity contribution in [3.8, 4) is 0 Å². The van der Waals surface area contributed by atoms with E-state index < -0.39 is 0 Å². The number of morpholine rings is 1. The lowest BCUT2D eigenvalue weighted by molar-refractivity contribution is 0.122. The number of aromatic nitrogens is 1. The van der Waals surface area contributed by atoms with Gasteiger partial charge in [0.05, 0.1) is 13.2 Å². The van der Waals surface area contributed by atoms with Gasteiger partial charge in [-0.05, 0) is 43.0 Å². The fourth-order valence-electron chi connectivity index (χ4n) is 4.13. The number of hydrogen-bond acceptors (Lipinski definition) is 5. The first kappa shape index (κ1) is 19.0. The smallest absolute Gasteiger partial charge is 0.128 e. The van der Waals surface area contributed by atoms with Crippen LogP contribution in [0.15, 0.2) is 36.5 Å². The topological polar surface area (TPSA) is 40.6 Å². The summed E-state index contributed by atoms with van der Waals surface area (Å²) in [7, 11) is 0. The van der Waals surface area contributed by atoms with Crippen LogP contribution in [-0.2, 0) is 11.2 Å². The Morgan fingerprint density at radius 1 is 1.18 bits per heavy atom. The van der Waals surface area contributed by atoms with Gasteiger partial charge >= 0.3 is 0 Å². The van der Waals surface area contributed by atoms with E-state index in [2.05, 4.69) is 33.1 Å². The minimum atomic E-state index is -0.181. The lowest BCUT2D eigenvalue weighted by atomic mass is 10.0. The number of nitrogens with one attached hydrogen (secondary N) is 1. The monoisotopic (exact) mass is 384 g/mol. The molecule has 5 nitrogen and oxygen atoms in total. The number of halogens is 1. The van der Waals surface area contributed by atoms with Crippen molar-refractivity contribution in [3.63, 3.8) is 0 Å². The van der Waals surface area contributed by atoms with E-state index in [1.807, 2.05) is 12.3 Å². The number of piperidine rings is 1. The van der Waals surface area contributed by atoms with Gasteiger partial charge in [0, 0.05) is 55.9 Å². The molecule has 2 fully saturated rings. The molecule has 4 rings (SSSR count). The average Bonchev–Trinajstić information content (AvgIpc) is 2.74. The number of aryl methyl sites for hydroxylation is 1. The molecule has 2 saturated heterocycles. The van der Waals surface area contributed by atoms with Crippen LogP contribution in [0.2, 0.25) is 0 Å². The van der Waals surface area contributed by atoms with E-state index in [0.29, 0.717) is 6.04 Å². The Morgan fingerprint density at radius 3 is 2.82 bits per heavy atom. The largest absolute Gasteiger partial charge is 0.378 e. The molecule has 150 valence electrons. The highest BCUT2D eigenvalue weighted by Gasteiger charge is 2.22. The molecular formula is C22H29FN4O. The van der Waals surface area contributed by atoms with Crippen LogP contribution in [0.25, 0.3) is 0 Å². The molecule has 1 atom stereocenters. The van der Waals surface area contributed by atoms with Crippen LogP contribution in [-0.4, -0.2) is 50.4 Å². The third-order valence-electron chi connectivity index (χ3n) is 5.64. The molecule has 1 aromatic carbocycles. The number of anilines is 3. The molecule has 6 heteroatoms. The summed E-state index contributed by atoms with van der Waals surface area (Å²) in [5.74, 6) is 0.740. The lowest BCUT2D eigenvalue weighted by Gasteiger charge is -2.35. The Balaban J connectivity index is 1.47. The number of benzene rings is 1. The molecule has 2 aliphatic rings. The average molecular weight is 384 g/mol. The van der Waals surface area contributed by atoms with E-state index in [1.54, 1.807) is 12.1 Å². The first-order valence-electron chi connectivity index (χ1n) is 10.3. The van der Waals surface area contributed by atoms with E-state index in [4.69, 9.17) is 4.74 Å². The van der Waals surface area contributed by atoms with Crippen LogP contribution in [0.4, 0.5) is 21.6 Å². The standard InChI is InChI=1S/C22H29FN4O/c1-2-17-15-24-22(14-21(17)26-9-11-28-12-10-26)25-19-6-4-8-27(16-19)20-7-3-5-18(23)13-20/h3,5,7,13-15,19H,2,4,6,8-12,16H2,1H3,(H,24,25). The second-order valence-electron chi connectivity index (χ2n) is 7.56. The summed E-state index contributed by atoms with van der Waals surface area (Å²) in [5, 5.41) is 3.62. The van der Waals surface area contributed by atoms with Crippen LogP contribution in [0.3, 0.4) is 0 Å². The van der Waals surface area contributed by atoms with E-state index in [9.17, 15) is 4.39 Å².